The topological polar surface area (TPSA) is 9.23 Å². The SMILES string of the molecule is CC(C)C(C)(C)[Si](C)(C)C1CCC=C1O[Si](C)(C)C. The van der Waals surface area contributed by atoms with Gasteiger partial charge in [0.2, 0.25) is 8.32 Å². The summed E-state index contributed by atoms with van der Waals surface area (Å²) in [5.41, 5.74) is 0.719. The third-order valence-corrected chi connectivity index (χ3v) is 12.6. The van der Waals surface area contributed by atoms with E-state index in [-0.39, 0.29) is 0 Å². The largest absolute Gasteiger partial charge is 0.548 e. The van der Waals surface area contributed by atoms with Crippen molar-refractivity contribution in [1.29, 1.82) is 0 Å². The molecule has 0 saturated heterocycles. The first kappa shape index (κ1) is 17.0. The number of rotatable bonds is 5. The molecule has 0 spiro atoms. The zero-order chi connectivity index (χ0) is 15.1. The van der Waals surface area contributed by atoms with Crippen LogP contribution in [0.4, 0.5) is 0 Å². The van der Waals surface area contributed by atoms with E-state index in [4.69, 9.17) is 4.43 Å². The third kappa shape index (κ3) is 3.54. The molecule has 0 aromatic carbocycles. The van der Waals surface area contributed by atoms with Gasteiger partial charge in [-0.1, -0.05) is 40.8 Å². The van der Waals surface area contributed by atoms with E-state index >= 15 is 0 Å². The van der Waals surface area contributed by atoms with Gasteiger partial charge in [0.25, 0.3) is 0 Å². The number of hydrogen-bond acceptors (Lipinski definition) is 1. The van der Waals surface area contributed by atoms with Gasteiger partial charge in [0, 0.05) is 5.54 Å². The van der Waals surface area contributed by atoms with Gasteiger partial charge in [-0.2, -0.15) is 0 Å². The Morgan fingerprint density at radius 1 is 1.16 bits per heavy atom. The molecule has 0 bridgehead atoms. The molecule has 1 nitrogen and oxygen atoms in total. The molecule has 0 fully saturated rings. The molecule has 3 heteroatoms. The van der Waals surface area contributed by atoms with E-state index in [1.165, 1.54) is 18.6 Å². The average molecular weight is 299 g/mol. The van der Waals surface area contributed by atoms with E-state index < -0.39 is 16.4 Å². The molecule has 0 radical (unpaired) electrons. The molecule has 19 heavy (non-hydrogen) atoms. The van der Waals surface area contributed by atoms with Gasteiger partial charge in [0.05, 0.1) is 13.8 Å². The van der Waals surface area contributed by atoms with Crippen molar-refractivity contribution >= 4 is 16.4 Å². The first-order chi connectivity index (χ1) is 8.39. The van der Waals surface area contributed by atoms with Gasteiger partial charge in [-0.3, -0.25) is 0 Å². The lowest BCUT2D eigenvalue weighted by Gasteiger charge is -2.48. The maximum absolute atomic E-state index is 6.41. The number of hydrogen-bond donors (Lipinski definition) is 0. The zero-order valence-electron chi connectivity index (χ0n) is 14.6. The lowest BCUT2D eigenvalue weighted by molar-refractivity contribution is 0.391. The summed E-state index contributed by atoms with van der Waals surface area (Å²) in [7, 11) is -2.87. The fourth-order valence-electron chi connectivity index (χ4n) is 3.05. The highest BCUT2D eigenvalue weighted by Crippen LogP contribution is 2.55. The van der Waals surface area contributed by atoms with Crippen LogP contribution < -0.4 is 0 Å². The molecule has 1 unspecified atom stereocenters. The molecule has 0 aromatic rings. The molecule has 112 valence electrons. The van der Waals surface area contributed by atoms with Crippen LogP contribution in [0, 0.1) is 5.92 Å². The zero-order valence-corrected chi connectivity index (χ0v) is 16.6. The molecule has 0 N–H and O–H groups in total. The summed E-state index contributed by atoms with van der Waals surface area (Å²) in [5, 5.41) is 0.448. The molecule has 1 aliphatic rings. The molecule has 1 rings (SSSR count). The first-order valence-electron chi connectivity index (χ1n) is 7.78. The highest BCUT2D eigenvalue weighted by atomic mass is 28.4. The Bertz CT molecular complexity index is 348. The molecular weight excluding hydrogens is 264 g/mol. The van der Waals surface area contributed by atoms with Crippen molar-refractivity contribution in [2.75, 3.05) is 0 Å². The second kappa shape index (κ2) is 5.40. The molecule has 0 heterocycles. The average Bonchev–Trinajstić information content (AvgIpc) is 2.62. The lowest BCUT2D eigenvalue weighted by atomic mass is 9.99. The van der Waals surface area contributed by atoms with Crippen LogP contribution in [0.15, 0.2) is 11.8 Å². The lowest BCUT2D eigenvalue weighted by Crippen LogP contribution is -2.47. The molecule has 1 atom stereocenters. The van der Waals surface area contributed by atoms with Crippen LogP contribution in [-0.4, -0.2) is 16.4 Å². The Kier molecular flexibility index (Phi) is 4.84. The van der Waals surface area contributed by atoms with Crippen LogP contribution in [0.5, 0.6) is 0 Å². The summed E-state index contributed by atoms with van der Waals surface area (Å²) >= 11 is 0. The normalized spacial score (nSPS) is 21.8. The third-order valence-electron chi connectivity index (χ3n) is 5.54. The minimum Gasteiger partial charge on any atom is -0.548 e. The van der Waals surface area contributed by atoms with Crippen LogP contribution in [-0.2, 0) is 4.43 Å². The van der Waals surface area contributed by atoms with Gasteiger partial charge in [0.1, 0.15) is 0 Å². The molecule has 0 amide bonds. The van der Waals surface area contributed by atoms with Crippen molar-refractivity contribution in [2.24, 2.45) is 5.92 Å². The maximum Gasteiger partial charge on any atom is 0.241 e. The summed E-state index contributed by atoms with van der Waals surface area (Å²) in [6, 6.07) is 0. The highest BCUT2D eigenvalue weighted by Gasteiger charge is 2.49. The van der Waals surface area contributed by atoms with Gasteiger partial charge < -0.3 is 4.43 Å². The standard InChI is InChI=1S/C16H34OSi2/c1-13(2)16(3,4)19(8,9)15-12-10-11-14(15)17-18(5,6)7/h11,13,15H,10,12H2,1-9H3. The van der Waals surface area contributed by atoms with Gasteiger partial charge in [0.15, 0.2) is 0 Å². The first-order valence-corrected chi connectivity index (χ1v) is 14.3. The van der Waals surface area contributed by atoms with Gasteiger partial charge in [-0.25, -0.2) is 0 Å². The van der Waals surface area contributed by atoms with Crippen molar-refractivity contribution < 1.29 is 4.43 Å². The van der Waals surface area contributed by atoms with Gasteiger partial charge in [-0.15, -0.1) is 0 Å². The van der Waals surface area contributed by atoms with Crippen molar-refractivity contribution in [3.63, 3.8) is 0 Å². The fraction of sp³-hybridized carbons (Fsp3) is 0.875. The van der Waals surface area contributed by atoms with Gasteiger partial charge in [-0.05, 0) is 49.5 Å². The Morgan fingerprint density at radius 3 is 2.11 bits per heavy atom. The molecular formula is C16H34OSi2. The minimum absolute atomic E-state index is 0.448. The second-order valence-corrected chi connectivity index (χ2v) is 18.4. The van der Waals surface area contributed by atoms with Crippen molar-refractivity contribution in [3.05, 3.63) is 11.8 Å². The maximum atomic E-state index is 6.41. The second-order valence-electron chi connectivity index (χ2n) is 8.55. The van der Waals surface area contributed by atoms with Crippen LogP contribution in [0.1, 0.15) is 40.5 Å². The monoisotopic (exact) mass is 298 g/mol. The smallest absolute Gasteiger partial charge is 0.241 e. The molecule has 0 aromatic heterocycles. The van der Waals surface area contributed by atoms with Crippen molar-refractivity contribution in [3.8, 4) is 0 Å². The Morgan fingerprint density at radius 2 is 1.68 bits per heavy atom. The summed E-state index contributed by atoms with van der Waals surface area (Å²) in [6.45, 7) is 21.8. The van der Waals surface area contributed by atoms with E-state index in [1.54, 1.807) is 0 Å². The van der Waals surface area contributed by atoms with E-state index in [2.05, 4.69) is 66.5 Å². The fourth-order valence-corrected chi connectivity index (χ4v) is 8.27. The van der Waals surface area contributed by atoms with Crippen LogP contribution in [0.3, 0.4) is 0 Å². The van der Waals surface area contributed by atoms with E-state index in [9.17, 15) is 0 Å². The van der Waals surface area contributed by atoms with Crippen LogP contribution in [0.25, 0.3) is 0 Å². The van der Waals surface area contributed by atoms with Gasteiger partial charge >= 0.3 is 0 Å². The molecule has 0 saturated carbocycles. The summed E-state index contributed by atoms with van der Waals surface area (Å²) in [5.74, 6) is 2.09. The molecule has 1 aliphatic carbocycles. The summed E-state index contributed by atoms with van der Waals surface area (Å²) in [4.78, 5) is 0. The summed E-state index contributed by atoms with van der Waals surface area (Å²) in [6.07, 6.45) is 4.92. The summed E-state index contributed by atoms with van der Waals surface area (Å²) < 4.78 is 6.41. The van der Waals surface area contributed by atoms with Crippen LogP contribution in [0.2, 0.25) is 43.3 Å². The van der Waals surface area contributed by atoms with E-state index in [1.807, 2.05) is 0 Å². The minimum atomic E-state index is -1.48. The highest BCUT2D eigenvalue weighted by molar-refractivity contribution is 6.82. The van der Waals surface area contributed by atoms with Crippen molar-refractivity contribution in [2.45, 2.75) is 83.9 Å². The van der Waals surface area contributed by atoms with Crippen molar-refractivity contribution in [1.82, 2.24) is 0 Å². The van der Waals surface area contributed by atoms with E-state index in [0.29, 0.717) is 5.04 Å². The quantitative estimate of drug-likeness (QED) is 0.563. The predicted octanol–water partition coefficient (Wildman–Crippen LogP) is 6.03. The predicted molar refractivity (Wildman–Crippen MR) is 91.9 cm³/mol. The van der Waals surface area contributed by atoms with Crippen LogP contribution >= 0.6 is 0 Å². The Labute approximate surface area is 123 Å². The number of allylic oxidation sites excluding steroid dienone is 2. The van der Waals surface area contributed by atoms with E-state index in [0.717, 1.165) is 11.5 Å². The Balaban J connectivity index is 2.99. The molecule has 0 aliphatic heterocycles. The Hall–Kier alpha value is -0.0262.